The van der Waals surface area contributed by atoms with Crippen LogP contribution in [0.5, 0.6) is 0 Å². The van der Waals surface area contributed by atoms with Crippen molar-refractivity contribution >= 4 is 29.1 Å². The van der Waals surface area contributed by atoms with Crippen molar-refractivity contribution in [2.45, 2.75) is 0 Å². The number of carboxylic acids is 1. The topological polar surface area (TPSA) is 92.5 Å². The first kappa shape index (κ1) is 15.8. The zero-order valence-corrected chi connectivity index (χ0v) is 11.1. The van der Waals surface area contributed by atoms with Crippen molar-refractivity contribution in [2.75, 3.05) is 23.4 Å². The molecule has 0 spiro atoms. The zero-order chi connectivity index (χ0) is 15.1. The summed E-state index contributed by atoms with van der Waals surface area (Å²) in [6.45, 7) is 0.346. The molecule has 1 aromatic rings. The highest BCUT2D eigenvalue weighted by molar-refractivity contribution is 7.99. The molecule has 0 amide bonds. The lowest BCUT2D eigenvalue weighted by Gasteiger charge is -2.08. The average Bonchev–Trinajstić information content (AvgIpc) is 2.37. The number of carboxylic acid groups (broad SMARTS) is 1. The minimum atomic E-state index is -1.55. The van der Waals surface area contributed by atoms with E-state index in [9.17, 15) is 19.3 Å². The molecule has 0 saturated carbocycles. The fourth-order valence-electron chi connectivity index (χ4n) is 1.41. The minimum absolute atomic E-state index is 0.0567. The second kappa shape index (κ2) is 7.35. The van der Waals surface area contributed by atoms with E-state index in [1.165, 1.54) is 11.8 Å². The highest BCUT2D eigenvalue weighted by atomic mass is 32.2. The molecule has 2 N–H and O–H groups in total. The number of anilines is 1. The van der Waals surface area contributed by atoms with E-state index in [2.05, 4.69) is 11.2 Å². The van der Waals surface area contributed by atoms with Crippen LogP contribution < -0.4 is 5.32 Å². The molecule has 0 aliphatic carbocycles. The average molecular weight is 298 g/mol. The van der Waals surface area contributed by atoms with Gasteiger partial charge >= 0.3 is 5.97 Å². The van der Waals surface area contributed by atoms with E-state index < -0.39 is 28.0 Å². The number of terminal acetylenes is 1. The SMILES string of the molecule is C#CCSCCNc1cc(F)c(C(=O)O)cc1[N+](=O)[O-]. The number of hydrogen-bond acceptors (Lipinski definition) is 5. The van der Waals surface area contributed by atoms with Gasteiger partial charge in [-0.05, 0) is 0 Å². The number of nitro groups is 1. The van der Waals surface area contributed by atoms with Gasteiger partial charge in [-0.3, -0.25) is 10.1 Å². The van der Waals surface area contributed by atoms with Gasteiger partial charge in [0.1, 0.15) is 17.1 Å². The van der Waals surface area contributed by atoms with Gasteiger partial charge in [0, 0.05) is 24.4 Å². The van der Waals surface area contributed by atoms with Crippen LogP contribution in [0.3, 0.4) is 0 Å². The number of nitrogens with one attached hydrogen (secondary N) is 1. The molecule has 0 aliphatic heterocycles. The number of hydrogen-bond donors (Lipinski definition) is 2. The number of rotatable bonds is 7. The van der Waals surface area contributed by atoms with Crippen molar-refractivity contribution in [1.82, 2.24) is 0 Å². The number of nitrogens with zero attached hydrogens (tertiary/aromatic N) is 1. The van der Waals surface area contributed by atoms with Crippen molar-refractivity contribution in [1.29, 1.82) is 0 Å². The molecule has 0 unspecified atom stereocenters. The van der Waals surface area contributed by atoms with Gasteiger partial charge in [0.2, 0.25) is 0 Å². The normalized spacial score (nSPS) is 9.80. The maximum Gasteiger partial charge on any atom is 0.338 e. The second-order valence-electron chi connectivity index (χ2n) is 3.59. The molecule has 1 aromatic carbocycles. The summed E-state index contributed by atoms with van der Waals surface area (Å²) in [6.07, 6.45) is 5.06. The Kier molecular flexibility index (Phi) is 5.80. The van der Waals surface area contributed by atoms with Crippen LogP contribution in [-0.2, 0) is 0 Å². The third-order valence-electron chi connectivity index (χ3n) is 2.26. The quantitative estimate of drug-likeness (QED) is 0.347. The van der Waals surface area contributed by atoms with Crippen molar-refractivity contribution in [3.63, 3.8) is 0 Å². The van der Waals surface area contributed by atoms with E-state index in [1.54, 1.807) is 0 Å². The van der Waals surface area contributed by atoms with E-state index in [0.717, 1.165) is 6.07 Å². The Labute approximate surface area is 118 Å². The Hall–Kier alpha value is -2.27. The first-order valence-electron chi connectivity index (χ1n) is 5.43. The molecule has 106 valence electrons. The Morgan fingerprint density at radius 3 is 2.85 bits per heavy atom. The molecule has 0 aliphatic rings. The van der Waals surface area contributed by atoms with Crippen LogP contribution in [0.2, 0.25) is 0 Å². The summed E-state index contributed by atoms with van der Waals surface area (Å²) in [4.78, 5) is 20.8. The van der Waals surface area contributed by atoms with Gasteiger partial charge in [0.05, 0.1) is 10.7 Å². The van der Waals surface area contributed by atoms with E-state index in [0.29, 0.717) is 24.1 Å². The lowest BCUT2D eigenvalue weighted by atomic mass is 10.1. The molecule has 0 atom stereocenters. The minimum Gasteiger partial charge on any atom is -0.478 e. The summed E-state index contributed by atoms with van der Waals surface area (Å²) >= 11 is 1.44. The molecule has 1 rings (SSSR count). The zero-order valence-electron chi connectivity index (χ0n) is 10.3. The summed E-state index contributed by atoms with van der Waals surface area (Å²) in [5, 5.41) is 22.3. The van der Waals surface area contributed by atoms with Crippen LogP contribution in [0.25, 0.3) is 0 Å². The maximum atomic E-state index is 13.5. The number of halogens is 1. The molecule has 6 nitrogen and oxygen atoms in total. The van der Waals surface area contributed by atoms with Crippen LogP contribution in [0.1, 0.15) is 10.4 Å². The van der Waals surface area contributed by atoms with E-state index in [4.69, 9.17) is 11.5 Å². The van der Waals surface area contributed by atoms with Gasteiger partial charge < -0.3 is 10.4 Å². The fourth-order valence-corrected chi connectivity index (χ4v) is 1.92. The molecular weight excluding hydrogens is 287 g/mol. The number of benzene rings is 1. The first-order valence-corrected chi connectivity index (χ1v) is 6.59. The van der Waals surface area contributed by atoms with E-state index in [1.807, 2.05) is 0 Å². The lowest BCUT2D eigenvalue weighted by molar-refractivity contribution is -0.384. The molecule has 0 radical (unpaired) electrons. The van der Waals surface area contributed by atoms with Crippen LogP contribution in [0, 0.1) is 28.3 Å². The predicted octanol–water partition coefficient (Wildman–Crippen LogP) is 2.21. The highest BCUT2D eigenvalue weighted by Crippen LogP contribution is 2.27. The highest BCUT2D eigenvalue weighted by Gasteiger charge is 2.21. The Morgan fingerprint density at radius 1 is 1.60 bits per heavy atom. The van der Waals surface area contributed by atoms with Crippen LogP contribution in [0.4, 0.5) is 15.8 Å². The van der Waals surface area contributed by atoms with Gasteiger partial charge in [-0.15, -0.1) is 18.2 Å². The van der Waals surface area contributed by atoms with E-state index in [-0.39, 0.29) is 5.69 Å². The number of aromatic carboxylic acids is 1. The molecule has 0 aromatic heterocycles. The standard InChI is InChI=1S/C12H11FN2O4S/c1-2-4-20-5-3-14-10-7-9(13)8(12(16)17)6-11(10)15(18)19/h1,6-7,14H,3-5H2,(H,16,17). The van der Waals surface area contributed by atoms with Crippen LogP contribution in [0.15, 0.2) is 12.1 Å². The summed E-state index contributed by atoms with van der Waals surface area (Å²) in [5.41, 5.74) is -1.27. The molecule has 20 heavy (non-hydrogen) atoms. The predicted molar refractivity (Wildman–Crippen MR) is 74.7 cm³/mol. The van der Waals surface area contributed by atoms with Gasteiger partial charge in [0.15, 0.2) is 0 Å². The molecule has 0 fully saturated rings. The first-order chi connectivity index (χ1) is 9.47. The monoisotopic (exact) mass is 298 g/mol. The van der Waals surface area contributed by atoms with Crippen LogP contribution >= 0.6 is 11.8 Å². The van der Waals surface area contributed by atoms with Gasteiger partial charge in [-0.25, -0.2) is 9.18 Å². The summed E-state index contributed by atoms with van der Waals surface area (Å²) in [6, 6.07) is 1.52. The Balaban J connectivity index is 2.90. The molecule has 0 saturated heterocycles. The molecular formula is C12H11FN2O4S. The van der Waals surface area contributed by atoms with Gasteiger partial charge in [-0.1, -0.05) is 5.92 Å². The Bertz CT molecular complexity index is 571. The summed E-state index contributed by atoms with van der Waals surface area (Å²) < 4.78 is 13.5. The molecule has 8 heteroatoms. The molecule has 0 heterocycles. The van der Waals surface area contributed by atoms with Crippen molar-refractivity contribution in [3.8, 4) is 12.3 Å². The van der Waals surface area contributed by atoms with Crippen LogP contribution in [-0.4, -0.2) is 34.0 Å². The third kappa shape index (κ3) is 4.13. The number of thioether (sulfide) groups is 1. The van der Waals surface area contributed by atoms with Crippen molar-refractivity contribution in [3.05, 3.63) is 33.6 Å². The number of nitro benzene ring substituents is 1. The van der Waals surface area contributed by atoms with E-state index >= 15 is 0 Å². The summed E-state index contributed by atoms with van der Waals surface area (Å²) in [7, 11) is 0. The Morgan fingerprint density at radius 2 is 2.30 bits per heavy atom. The second-order valence-corrected chi connectivity index (χ2v) is 4.70. The van der Waals surface area contributed by atoms with Gasteiger partial charge in [0.25, 0.3) is 5.69 Å². The maximum absolute atomic E-state index is 13.5. The third-order valence-corrected chi connectivity index (χ3v) is 3.12. The van der Waals surface area contributed by atoms with Crippen molar-refractivity contribution < 1.29 is 19.2 Å². The van der Waals surface area contributed by atoms with Crippen molar-refractivity contribution in [2.24, 2.45) is 0 Å². The smallest absolute Gasteiger partial charge is 0.338 e. The largest absolute Gasteiger partial charge is 0.478 e. The fraction of sp³-hybridized carbons (Fsp3) is 0.250. The van der Waals surface area contributed by atoms with Gasteiger partial charge in [-0.2, -0.15) is 0 Å². The molecule has 0 bridgehead atoms. The lowest BCUT2D eigenvalue weighted by Crippen LogP contribution is -2.09. The summed E-state index contributed by atoms with van der Waals surface area (Å²) in [5.74, 6) is 0.944. The number of carbonyl (C=O) groups is 1.